The second-order valence-corrected chi connectivity index (χ2v) is 7.48. The lowest BCUT2D eigenvalue weighted by atomic mass is 10.1. The van der Waals surface area contributed by atoms with Crippen LogP contribution in [0.3, 0.4) is 0 Å². The highest BCUT2D eigenvalue weighted by molar-refractivity contribution is 9.10. The molecule has 2 aromatic rings. The van der Waals surface area contributed by atoms with E-state index in [0.717, 1.165) is 12.1 Å². The van der Waals surface area contributed by atoms with Crippen molar-refractivity contribution in [3.05, 3.63) is 58.1 Å². The maximum Gasteiger partial charge on any atom is 0.416 e. The Morgan fingerprint density at radius 3 is 2.48 bits per heavy atom. The first-order valence-electron chi connectivity index (χ1n) is 8.66. The van der Waals surface area contributed by atoms with Crippen LogP contribution in [-0.4, -0.2) is 37.3 Å². The van der Waals surface area contributed by atoms with E-state index in [1.165, 1.54) is 6.07 Å². The highest BCUT2D eigenvalue weighted by atomic mass is 79.9. The molecular formula is C19H17BrF3N3O2S. The van der Waals surface area contributed by atoms with Gasteiger partial charge in [0, 0.05) is 17.6 Å². The van der Waals surface area contributed by atoms with E-state index in [9.17, 15) is 18.0 Å². The number of hydrogen-bond donors (Lipinski definition) is 2. The van der Waals surface area contributed by atoms with E-state index < -0.39 is 17.6 Å². The maximum absolute atomic E-state index is 13.2. The van der Waals surface area contributed by atoms with Gasteiger partial charge in [0.1, 0.15) is 0 Å². The molecule has 1 fully saturated rings. The lowest BCUT2D eigenvalue weighted by molar-refractivity contribution is -0.137. The standard InChI is InChI=1S/C19H17BrF3N3O2S/c20-14-4-2-1-3-13(14)17(27)25-18(29)24-15-11-12(19(21,22)23)5-6-16(15)26-7-9-28-10-8-26/h1-6,11H,7-10H2,(H2,24,25,27,29). The molecular weight excluding hydrogens is 471 g/mol. The lowest BCUT2D eigenvalue weighted by Gasteiger charge is -2.31. The molecule has 0 aromatic heterocycles. The number of amides is 1. The normalized spacial score (nSPS) is 14.4. The molecule has 2 N–H and O–H groups in total. The van der Waals surface area contributed by atoms with Crippen LogP contribution in [-0.2, 0) is 10.9 Å². The van der Waals surface area contributed by atoms with Gasteiger partial charge in [-0.1, -0.05) is 12.1 Å². The molecule has 1 aliphatic rings. The molecule has 0 radical (unpaired) electrons. The molecule has 1 amide bonds. The van der Waals surface area contributed by atoms with E-state index in [-0.39, 0.29) is 10.8 Å². The highest BCUT2D eigenvalue weighted by Crippen LogP contribution is 2.35. The van der Waals surface area contributed by atoms with Gasteiger partial charge in [-0.15, -0.1) is 0 Å². The Balaban J connectivity index is 1.82. The third kappa shape index (κ3) is 5.46. The Hall–Kier alpha value is -2.17. The first-order chi connectivity index (χ1) is 13.8. The summed E-state index contributed by atoms with van der Waals surface area (Å²) in [5, 5.41) is 5.15. The quantitative estimate of drug-likeness (QED) is 0.627. The summed E-state index contributed by atoms with van der Waals surface area (Å²) in [7, 11) is 0. The third-order valence-corrected chi connectivity index (χ3v) is 5.17. The van der Waals surface area contributed by atoms with Crippen LogP contribution < -0.4 is 15.5 Å². The van der Waals surface area contributed by atoms with Crippen molar-refractivity contribution in [3.8, 4) is 0 Å². The number of halogens is 4. The fourth-order valence-electron chi connectivity index (χ4n) is 2.86. The Kier molecular flexibility index (Phi) is 6.76. The van der Waals surface area contributed by atoms with Crippen LogP contribution in [0, 0.1) is 0 Å². The number of carbonyl (C=O) groups is 1. The van der Waals surface area contributed by atoms with Crippen molar-refractivity contribution in [2.45, 2.75) is 6.18 Å². The molecule has 5 nitrogen and oxygen atoms in total. The average Bonchev–Trinajstić information content (AvgIpc) is 2.68. The molecule has 154 valence electrons. The van der Waals surface area contributed by atoms with Gasteiger partial charge in [-0.3, -0.25) is 10.1 Å². The van der Waals surface area contributed by atoms with Crippen molar-refractivity contribution in [1.82, 2.24) is 5.32 Å². The Morgan fingerprint density at radius 1 is 1.14 bits per heavy atom. The number of morpholine rings is 1. The molecule has 0 unspecified atom stereocenters. The van der Waals surface area contributed by atoms with Gasteiger partial charge < -0.3 is 15.0 Å². The van der Waals surface area contributed by atoms with Crippen LogP contribution in [0.1, 0.15) is 15.9 Å². The molecule has 2 aromatic carbocycles. The number of rotatable bonds is 3. The SMILES string of the molecule is O=C(NC(=S)Nc1cc(C(F)(F)F)ccc1N1CCOCC1)c1ccccc1Br. The number of alkyl halides is 3. The largest absolute Gasteiger partial charge is 0.416 e. The van der Waals surface area contributed by atoms with Crippen LogP contribution in [0.4, 0.5) is 24.5 Å². The Bertz CT molecular complexity index is 918. The van der Waals surface area contributed by atoms with Gasteiger partial charge in [0.05, 0.1) is 35.7 Å². The summed E-state index contributed by atoms with van der Waals surface area (Å²) in [6.07, 6.45) is -4.50. The number of carbonyl (C=O) groups excluding carboxylic acids is 1. The van der Waals surface area contributed by atoms with Gasteiger partial charge in [0.25, 0.3) is 5.91 Å². The van der Waals surface area contributed by atoms with E-state index in [1.807, 2.05) is 4.90 Å². The van der Waals surface area contributed by atoms with Crippen molar-refractivity contribution in [1.29, 1.82) is 0 Å². The number of nitrogens with one attached hydrogen (secondary N) is 2. The topological polar surface area (TPSA) is 53.6 Å². The zero-order valence-corrected chi connectivity index (χ0v) is 17.5. The van der Waals surface area contributed by atoms with Crippen molar-refractivity contribution < 1.29 is 22.7 Å². The molecule has 1 saturated heterocycles. The van der Waals surface area contributed by atoms with Crippen molar-refractivity contribution in [2.75, 3.05) is 36.5 Å². The molecule has 10 heteroatoms. The third-order valence-electron chi connectivity index (χ3n) is 4.27. The smallest absolute Gasteiger partial charge is 0.378 e. The predicted octanol–water partition coefficient (Wildman–Crippen LogP) is 4.43. The molecule has 0 aliphatic carbocycles. The van der Waals surface area contributed by atoms with Crippen LogP contribution in [0.5, 0.6) is 0 Å². The van der Waals surface area contributed by atoms with Crippen LogP contribution in [0.25, 0.3) is 0 Å². The molecule has 0 saturated carbocycles. The van der Waals surface area contributed by atoms with Crippen molar-refractivity contribution in [2.24, 2.45) is 0 Å². The summed E-state index contributed by atoms with van der Waals surface area (Å²) in [4.78, 5) is 14.3. The van der Waals surface area contributed by atoms with E-state index in [1.54, 1.807) is 24.3 Å². The Labute approximate surface area is 179 Å². The second kappa shape index (κ2) is 9.10. The minimum absolute atomic E-state index is 0.0976. The van der Waals surface area contributed by atoms with Crippen LogP contribution in [0.15, 0.2) is 46.9 Å². The van der Waals surface area contributed by atoms with Crippen molar-refractivity contribution >= 4 is 50.5 Å². The summed E-state index contributed by atoms with van der Waals surface area (Å²) in [6.45, 7) is 2.03. The highest BCUT2D eigenvalue weighted by Gasteiger charge is 2.31. The summed E-state index contributed by atoms with van der Waals surface area (Å²) in [6, 6.07) is 10.2. The van der Waals surface area contributed by atoms with Gasteiger partial charge in [-0.05, 0) is 58.5 Å². The number of benzene rings is 2. The predicted molar refractivity (Wildman–Crippen MR) is 112 cm³/mol. The van der Waals surface area contributed by atoms with Gasteiger partial charge >= 0.3 is 6.18 Å². The fraction of sp³-hybridized carbons (Fsp3) is 0.263. The number of ether oxygens (including phenoxy) is 1. The van der Waals surface area contributed by atoms with Gasteiger partial charge in [-0.25, -0.2) is 0 Å². The zero-order valence-electron chi connectivity index (χ0n) is 15.1. The zero-order chi connectivity index (χ0) is 21.0. The molecule has 0 bridgehead atoms. The molecule has 1 aliphatic heterocycles. The minimum atomic E-state index is -4.50. The number of thiocarbonyl (C=S) groups is 1. The number of nitrogens with zero attached hydrogens (tertiary/aromatic N) is 1. The fourth-order valence-corrected chi connectivity index (χ4v) is 3.53. The summed E-state index contributed by atoms with van der Waals surface area (Å²) in [5.41, 5.74) is 0.268. The first-order valence-corrected chi connectivity index (χ1v) is 9.86. The number of hydrogen-bond acceptors (Lipinski definition) is 4. The summed E-state index contributed by atoms with van der Waals surface area (Å²) < 4.78 is 45.4. The maximum atomic E-state index is 13.2. The van der Waals surface area contributed by atoms with E-state index >= 15 is 0 Å². The van der Waals surface area contributed by atoms with E-state index in [2.05, 4.69) is 26.6 Å². The molecule has 0 atom stereocenters. The molecule has 3 rings (SSSR count). The molecule has 29 heavy (non-hydrogen) atoms. The van der Waals surface area contributed by atoms with E-state index in [4.69, 9.17) is 17.0 Å². The van der Waals surface area contributed by atoms with Crippen LogP contribution in [0.2, 0.25) is 0 Å². The second-order valence-electron chi connectivity index (χ2n) is 6.22. The molecule has 0 spiro atoms. The number of anilines is 2. The van der Waals surface area contributed by atoms with Crippen molar-refractivity contribution in [3.63, 3.8) is 0 Å². The average molecular weight is 488 g/mol. The van der Waals surface area contributed by atoms with Crippen LogP contribution >= 0.6 is 28.1 Å². The van der Waals surface area contributed by atoms with Gasteiger partial charge in [-0.2, -0.15) is 13.2 Å². The minimum Gasteiger partial charge on any atom is -0.378 e. The summed E-state index contributed by atoms with van der Waals surface area (Å²) >= 11 is 8.45. The first kappa shape index (κ1) is 21.5. The Morgan fingerprint density at radius 2 is 1.83 bits per heavy atom. The molecule has 1 heterocycles. The summed E-state index contributed by atoms with van der Waals surface area (Å²) in [5.74, 6) is -0.477. The monoisotopic (exact) mass is 487 g/mol. The lowest BCUT2D eigenvalue weighted by Crippen LogP contribution is -2.38. The van der Waals surface area contributed by atoms with Gasteiger partial charge in [0.15, 0.2) is 5.11 Å². The van der Waals surface area contributed by atoms with E-state index in [0.29, 0.717) is 42.0 Å². The van der Waals surface area contributed by atoms with Gasteiger partial charge in [0.2, 0.25) is 0 Å².